The summed E-state index contributed by atoms with van der Waals surface area (Å²) in [5.74, 6) is 0. The Labute approximate surface area is 107 Å². The van der Waals surface area contributed by atoms with Gasteiger partial charge in [0.15, 0.2) is 0 Å². The van der Waals surface area contributed by atoms with Crippen LogP contribution in [0.15, 0.2) is 42.5 Å². The molecule has 0 fully saturated rings. The van der Waals surface area contributed by atoms with Crippen molar-refractivity contribution in [2.75, 3.05) is 0 Å². The van der Waals surface area contributed by atoms with Crippen molar-refractivity contribution in [3.05, 3.63) is 57.8 Å². The number of hydrogen-bond acceptors (Lipinski definition) is 2. The average molecular weight is 246 g/mol. The number of aliphatic hydroxyl groups is 1. The minimum Gasteiger partial charge on any atom is -0.387 e. The molecule has 0 aliphatic rings. The number of aryl methyl sites for hydroxylation is 1. The molecule has 2 aromatic rings. The predicted octanol–water partition coefficient (Wildman–Crippen LogP) is 4.07. The Morgan fingerprint density at radius 2 is 1.71 bits per heavy atom. The summed E-state index contributed by atoms with van der Waals surface area (Å²) in [6, 6.07) is 14.3. The summed E-state index contributed by atoms with van der Waals surface area (Å²) >= 11 is 1.67. The van der Waals surface area contributed by atoms with Crippen LogP contribution in [0.5, 0.6) is 0 Å². The fraction of sp³-hybridized carbons (Fsp3) is 0.333. The Bertz CT molecular complexity index is 485. The zero-order valence-electron chi connectivity index (χ0n) is 10.5. The molecule has 0 bridgehead atoms. The summed E-state index contributed by atoms with van der Waals surface area (Å²) in [6.07, 6.45) is -0.455. The fourth-order valence-corrected chi connectivity index (χ4v) is 3.03. The average Bonchev–Trinajstić information content (AvgIpc) is 2.76. The van der Waals surface area contributed by atoms with E-state index >= 15 is 0 Å². The van der Waals surface area contributed by atoms with Gasteiger partial charge in [-0.15, -0.1) is 11.3 Å². The normalized spacial score (nSPS) is 13.6. The van der Waals surface area contributed by atoms with Gasteiger partial charge in [-0.1, -0.05) is 44.2 Å². The second-order valence-corrected chi connectivity index (χ2v) is 6.26. The van der Waals surface area contributed by atoms with Gasteiger partial charge in [-0.3, -0.25) is 0 Å². The van der Waals surface area contributed by atoms with E-state index in [0.717, 1.165) is 4.88 Å². The molecule has 1 aromatic carbocycles. The molecule has 1 aromatic heterocycles. The highest BCUT2D eigenvalue weighted by molar-refractivity contribution is 7.12. The number of benzene rings is 1. The molecule has 0 aliphatic carbocycles. The van der Waals surface area contributed by atoms with Gasteiger partial charge in [0.1, 0.15) is 0 Å². The lowest BCUT2D eigenvalue weighted by Gasteiger charge is -2.30. The third-order valence-electron chi connectivity index (χ3n) is 3.23. The maximum Gasteiger partial charge on any atom is 0.0972 e. The molecule has 1 heterocycles. The molecule has 2 heteroatoms. The van der Waals surface area contributed by atoms with E-state index < -0.39 is 6.10 Å². The zero-order chi connectivity index (χ0) is 12.5. The number of rotatable bonds is 3. The van der Waals surface area contributed by atoms with E-state index in [1.165, 1.54) is 10.4 Å². The van der Waals surface area contributed by atoms with Crippen molar-refractivity contribution in [1.82, 2.24) is 0 Å². The van der Waals surface area contributed by atoms with Crippen LogP contribution in [0, 0.1) is 6.92 Å². The van der Waals surface area contributed by atoms with E-state index in [1.807, 2.05) is 24.3 Å². The summed E-state index contributed by atoms with van der Waals surface area (Å²) in [4.78, 5) is 2.28. The van der Waals surface area contributed by atoms with Crippen molar-refractivity contribution in [3.63, 3.8) is 0 Å². The lowest BCUT2D eigenvalue weighted by molar-refractivity contribution is 0.104. The van der Waals surface area contributed by atoms with Crippen LogP contribution in [0.2, 0.25) is 0 Å². The minimum atomic E-state index is -0.455. The molecule has 0 radical (unpaired) electrons. The molecule has 0 amide bonds. The van der Waals surface area contributed by atoms with Gasteiger partial charge in [-0.2, -0.15) is 0 Å². The Balaban J connectivity index is 2.33. The van der Waals surface area contributed by atoms with E-state index in [-0.39, 0.29) is 5.41 Å². The smallest absolute Gasteiger partial charge is 0.0972 e. The van der Waals surface area contributed by atoms with Crippen LogP contribution in [-0.4, -0.2) is 5.11 Å². The molecular formula is C15H18OS. The Morgan fingerprint density at radius 1 is 1.06 bits per heavy atom. The van der Waals surface area contributed by atoms with Crippen molar-refractivity contribution in [2.45, 2.75) is 32.3 Å². The van der Waals surface area contributed by atoms with Crippen LogP contribution >= 0.6 is 11.3 Å². The van der Waals surface area contributed by atoms with Gasteiger partial charge in [0.2, 0.25) is 0 Å². The highest BCUT2D eigenvalue weighted by atomic mass is 32.1. The van der Waals surface area contributed by atoms with Crippen molar-refractivity contribution in [3.8, 4) is 0 Å². The molecule has 1 atom stereocenters. The molecule has 0 saturated heterocycles. The van der Waals surface area contributed by atoms with Crippen LogP contribution in [0.3, 0.4) is 0 Å². The predicted molar refractivity (Wildman–Crippen MR) is 73.5 cm³/mol. The largest absolute Gasteiger partial charge is 0.387 e. The quantitative estimate of drug-likeness (QED) is 0.865. The third kappa shape index (κ3) is 2.43. The van der Waals surface area contributed by atoms with E-state index in [1.54, 1.807) is 11.3 Å². The van der Waals surface area contributed by atoms with Crippen LogP contribution in [0.25, 0.3) is 0 Å². The van der Waals surface area contributed by atoms with Gasteiger partial charge >= 0.3 is 0 Å². The summed E-state index contributed by atoms with van der Waals surface area (Å²) < 4.78 is 0. The molecule has 0 aliphatic heterocycles. The van der Waals surface area contributed by atoms with Gasteiger partial charge in [0.05, 0.1) is 6.10 Å². The highest BCUT2D eigenvalue weighted by Crippen LogP contribution is 2.39. The Morgan fingerprint density at radius 3 is 2.24 bits per heavy atom. The maximum atomic E-state index is 10.5. The van der Waals surface area contributed by atoms with E-state index in [2.05, 4.69) is 39.0 Å². The number of aliphatic hydroxyl groups excluding tert-OH is 1. The van der Waals surface area contributed by atoms with Crippen LogP contribution in [0.4, 0.5) is 0 Å². The van der Waals surface area contributed by atoms with E-state index in [9.17, 15) is 5.11 Å². The Hall–Kier alpha value is -1.12. The lowest BCUT2D eigenvalue weighted by Crippen LogP contribution is -2.26. The van der Waals surface area contributed by atoms with Gasteiger partial charge in [-0.25, -0.2) is 0 Å². The molecule has 0 saturated carbocycles. The van der Waals surface area contributed by atoms with Gasteiger partial charge < -0.3 is 5.11 Å². The molecule has 1 nitrogen and oxygen atoms in total. The second kappa shape index (κ2) is 4.63. The van der Waals surface area contributed by atoms with Gasteiger partial charge in [-0.05, 0) is 24.6 Å². The van der Waals surface area contributed by atoms with Crippen molar-refractivity contribution in [2.24, 2.45) is 0 Å². The maximum absolute atomic E-state index is 10.5. The monoisotopic (exact) mass is 246 g/mol. The van der Waals surface area contributed by atoms with Crippen molar-refractivity contribution < 1.29 is 5.11 Å². The molecular weight excluding hydrogens is 228 g/mol. The first-order chi connectivity index (χ1) is 8.01. The van der Waals surface area contributed by atoms with Crippen molar-refractivity contribution >= 4 is 11.3 Å². The number of thiophene rings is 1. The summed E-state index contributed by atoms with van der Waals surface area (Å²) in [7, 11) is 0. The van der Waals surface area contributed by atoms with Crippen molar-refractivity contribution in [1.29, 1.82) is 0 Å². The standard InChI is InChI=1S/C15H18OS/c1-11-9-10-13(17-11)14(16)15(2,3)12-7-5-4-6-8-12/h4-10,14,16H,1-3H3. The zero-order valence-corrected chi connectivity index (χ0v) is 11.3. The third-order valence-corrected chi connectivity index (χ3v) is 4.29. The second-order valence-electron chi connectivity index (χ2n) is 4.94. The summed E-state index contributed by atoms with van der Waals surface area (Å²) in [5.41, 5.74) is 0.900. The molecule has 0 spiro atoms. The molecule has 1 N–H and O–H groups in total. The molecule has 1 unspecified atom stereocenters. The van der Waals surface area contributed by atoms with Crippen LogP contribution in [-0.2, 0) is 5.41 Å². The first-order valence-electron chi connectivity index (χ1n) is 5.82. The first kappa shape index (κ1) is 12.3. The van der Waals surface area contributed by atoms with Crippen LogP contribution in [0.1, 0.15) is 35.3 Å². The van der Waals surface area contributed by atoms with Gasteiger partial charge in [0.25, 0.3) is 0 Å². The van der Waals surface area contributed by atoms with E-state index in [4.69, 9.17) is 0 Å². The molecule has 2 rings (SSSR count). The van der Waals surface area contributed by atoms with Crippen LogP contribution < -0.4 is 0 Å². The fourth-order valence-electron chi connectivity index (χ4n) is 1.98. The summed E-state index contributed by atoms with van der Waals surface area (Å²) in [6.45, 7) is 6.24. The minimum absolute atomic E-state index is 0.265. The van der Waals surface area contributed by atoms with Gasteiger partial charge in [0, 0.05) is 15.2 Å². The first-order valence-corrected chi connectivity index (χ1v) is 6.63. The summed E-state index contributed by atoms with van der Waals surface area (Å²) in [5, 5.41) is 10.5. The highest BCUT2D eigenvalue weighted by Gasteiger charge is 2.31. The topological polar surface area (TPSA) is 20.2 Å². The SMILES string of the molecule is Cc1ccc(C(O)C(C)(C)c2ccccc2)s1. The molecule has 17 heavy (non-hydrogen) atoms. The van der Waals surface area contributed by atoms with E-state index in [0.29, 0.717) is 0 Å². The Kier molecular flexibility index (Phi) is 3.36. The number of hydrogen-bond donors (Lipinski definition) is 1. The molecule has 90 valence electrons. The lowest BCUT2D eigenvalue weighted by atomic mass is 9.79.